The van der Waals surface area contributed by atoms with Crippen LogP contribution < -0.4 is 11.1 Å². The third-order valence-electron chi connectivity index (χ3n) is 2.74. The average Bonchev–Trinajstić information content (AvgIpc) is 2.29. The third kappa shape index (κ3) is 3.66. The fraction of sp³-hybridized carbons (Fsp3) is 0.636. The minimum Gasteiger partial charge on any atom is -0.369 e. The molecule has 1 unspecified atom stereocenters. The van der Waals surface area contributed by atoms with Crippen LogP contribution in [-0.2, 0) is 9.59 Å². The number of nitrogens with two attached hydrogens (primary N) is 1. The zero-order valence-electron chi connectivity index (χ0n) is 9.45. The molecule has 1 aliphatic heterocycles. The molecule has 1 heterocycles. The topological polar surface area (TPSA) is 75.4 Å². The number of nitrogens with zero attached hydrogens (tertiary/aromatic N) is 1. The highest BCUT2D eigenvalue weighted by molar-refractivity contribution is 5.81. The van der Waals surface area contributed by atoms with E-state index in [2.05, 4.69) is 11.9 Å². The quantitative estimate of drug-likeness (QED) is 0.488. The van der Waals surface area contributed by atoms with Gasteiger partial charge in [0.2, 0.25) is 11.8 Å². The number of nitrogens with one attached hydrogen (secondary N) is 1. The molecule has 0 bridgehead atoms. The summed E-state index contributed by atoms with van der Waals surface area (Å²) < 4.78 is 0. The van der Waals surface area contributed by atoms with Crippen LogP contribution in [0.15, 0.2) is 12.7 Å². The minimum absolute atomic E-state index is 0.0211. The van der Waals surface area contributed by atoms with Crippen molar-refractivity contribution in [3.8, 4) is 0 Å². The SMILES string of the molecule is C=CCNCC(=O)N1CCCC(C(N)=O)C1. The van der Waals surface area contributed by atoms with Crippen molar-refractivity contribution < 1.29 is 9.59 Å². The Morgan fingerprint density at radius 2 is 2.31 bits per heavy atom. The molecule has 16 heavy (non-hydrogen) atoms. The summed E-state index contributed by atoms with van der Waals surface area (Å²) in [5.74, 6) is -0.471. The molecule has 2 amide bonds. The lowest BCUT2D eigenvalue weighted by molar-refractivity contribution is -0.134. The Morgan fingerprint density at radius 3 is 2.94 bits per heavy atom. The molecule has 0 aliphatic carbocycles. The average molecular weight is 225 g/mol. The molecule has 0 radical (unpaired) electrons. The Morgan fingerprint density at radius 1 is 1.56 bits per heavy atom. The lowest BCUT2D eigenvalue weighted by Crippen LogP contribution is -2.46. The number of likely N-dealkylation sites (tertiary alicyclic amines) is 1. The number of carbonyl (C=O) groups excluding carboxylic acids is 2. The minimum atomic E-state index is -0.309. The van der Waals surface area contributed by atoms with Crippen LogP contribution in [-0.4, -0.2) is 42.9 Å². The van der Waals surface area contributed by atoms with E-state index in [0.717, 1.165) is 19.4 Å². The standard InChI is InChI=1S/C11H19N3O2/c1-2-5-13-7-10(15)14-6-3-4-9(8-14)11(12)16/h2,9,13H,1,3-8H2,(H2,12,16). The smallest absolute Gasteiger partial charge is 0.236 e. The van der Waals surface area contributed by atoms with Gasteiger partial charge < -0.3 is 16.0 Å². The molecule has 1 aliphatic rings. The van der Waals surface area contributed by atoms with Crippen LogP contribution in [0.4, 0.5) is 0 Å². The van der Waals surface area contributed by atoms with Crippen LogP contribution in [0.3, 0.4) is 0 Å². The number of carbonyl (C=O) groups is 2. The van der Waals surface area contributed by atoms with Gasteiger partial charge in [0.25, 0.3) is 0 Å². The summed E-state index contributed by atoms with van der Waals surface area (Å²) in [6.07, 6.45) is 3.34. The van der Waals surface area contributed by atoms with E-state index in [9.17, 15) is 9.59 Å². The van der Waals surface area contributed by atoms with E-state index in [1.165, 1.54) is 0 Å². The van der Waals surface area contributed by atoms with E-state index >= 15 is 0 Å². The maximum Gasteiger partial charge on any atom is 0.236 e. The third-order valence-corrected chi connectivity index (χ3v) is 2.74. The molecule has 1 fully saturated rings. The Bertz CT molecular complexity index is 278. The molecule has 3 N–H and O–H groups in total. The van der Waals surface area contributed by atoms with Gasteiger partial charge in [-0.15, -0.1) is 6.58 Å². The maximum atomic E-state index is 11.7. The summed E-state index contributed by atoms with van der Waals surface area (Å²) in [4.78, 5) is 24.5. The highest BCUT2D eigenvalue weighted by atomic mass is 16.2. The zero-order chi connectivity index (χ0) is 12.0. The van der Waals surface area contributed by atoms with Gasteiger partial charge in [0, 0.05) is 19.6 Å². The van der Waals surface area contributed by atoms with E-state index in [-0.39, 0.29) is 24.3 Å². The van der Waals surface area contributed by atoms with E-state index in [0.29, 0.717) is 13.1 Å². The molecule has 5 heteroatoms. The molecule has 1 atom stereocenters. The number of piperidine rings is 1. The van der Waals surface area contributed by atoms with Crippen LogP contribution in [0.2, 0.25) is 0 Å². The van der Waals surface area contributed by atoms with Gasteiger partial charge >= 0.3 is 0 Å². The summed E-state index contributed by atoms with van der Waals surface area (Å²) in [7, 11) is 0. The monoisotopic (exact) mass is 225 g/mol. The van der Waals surface area contributed by atoms with Crippen molar-refractivity contribution in [1.82, 2.24) is 10.2 Å². The Labute approximate surface area is 95.7 Å². The molecule has 1 saturated heterocycles. The van der Waals surface area contributed by atoms with Crippen LogP contribution in [0, 0.1) is 5.92 Å². The number of hydrogen-bond acceptors (Lipinski definition) is 3. The van der Waals surface area contributed by atoms with Crippen LogP contribution in [0.5, 0.6) is 0 Å². The van der Waals surface area contributed by atoms with Crippen molar-refractivity contribution in [2.24, 2.45) is 11.7 Å². The molecule has 0 aromatic heterocycles. The van der Waals surface area contributed by atoms with Gasteiger partial charge in [-0.25, -0.2) is 0 Å². The Hall–Kier alpha value is -1.36. The first kappa shape index (κ1) is 12.7. The summed E-state index contributed by atoms with van der Waals surface area (Å²) in [5, 5.41) is 2.95. The predicted octanol–water partition coefficient (Wildman–Crippen LogP) is -0.514. The molecule has 0 aromatic rings. The van der Waals surface area contributed by atoms with Crippen molar-refractivity contribution in [2.75, 3.05) is 26.2 Å². The number of primary amides is 1. The summed E-state index contributed by atoms with van der Waals surface area (Å²) in [5.41, 5.74) is 5.25. The van der Waals surface area contributed by atoms with Crippen molar-refractivity contribution in [3.63, 3.8) is 0 Å². The second-order valence-electron chi connectivity index (χ2n) is 4.00. The number of hydrogen-bond donors (Lipinski definition) is 2. The van der Waals surface area contributed by atoms with Gasteiger partial charge in [-0.1, -0.05) is 6.08 Å². The second kappa shape index (κ2) is 6.27. The Balaban J connectivity index is 2.37. The van der Waals surface area contributed by atoms with Gasteiger partial charge in [-0.05, 0) is 12.8 Å². The van der Waals surface area contributed by atoms with Crippen LogP contribution >= 0.6 is 0 Å². The maximum absolute atomic E-state index is 11.7. The number of rotatable bonds is 5. The zero-order valence-corrected chi connectivity index (χ0v) is 9.45. The highest BCUT2D eigenvalue weighted by Gasteiger charge is 2.26. The molecular formula is C11H19N3O2. The molecule has 0 aromatic carbocycles. The number of amides is 2. The fourth-order valence-electron chi connectivity index (χ4n) is 1.83. The van der Waals surface area contributed by atoms with Gasteiger partial charge in [0.15, 0.2) is 0 Å². The first-order valence-electron chi connectivity index (χ1n) is 5.54. The molecule has 90 valence electrons. The van der Waals surface area contributed by atoms with Crippen LogP contribution in [0.25, 0.3) is 0 Å². The van der Waals surface area contributed by atoms with E-state index < -0.39 is 0 Å². The first-order valence-corrected chi connectivity index (χ1v) is 5.54. The fourth-order valence-corrected chi connectivity index (χ4v) is 1.83. The molecule has 5 nitrogen and oxygen atoms in total. The van der Waals surface area contributed by atoms with Gasteiger partial charge in [0.1, 0.15) is 0 Å². The molecule has 1 rings (SSSR count). The van der Waals surface area contributed by atoms with Gasteiger partial charge in [-0.2, -0.15) is 0 Å². The molecular weight excluding hydrogens is 206 g/mol. The lowest BCUT2D eigenvalue weighted by atomic mass is 9.97. The van der Waals surface area contributed by atoms with Crippen LogP contribution in [0.1, 0.15) is 12.8 Å². The summed E-state index contributed by atoms with van der Waals surface area (Å²) in [6, 6.07) is 0. The van der Waals surface area contributed by atoms with Crippen molar-refractivity contribution in [1.29, 1.82) is 0 Å². The van der Waals surface area contributed by atoms with E-state index in [4.69, 9.17) is 5.73 Å². The normalized spacial score (nSPS) is 20.5. The van der Waals surface area contributed by atoms with E-state index in [1.807, 2.05) is 0 Å². The van der Waals surface area contributed by atoms with Gasteiger partial charge in [0.05, 0.1) is 12.5 Å². The van der Waals surface area contributed by atoms with E-state index in [1.54, 1.807) is 11.0 Å². The van der Waals surface area contributed by atoms with Crippen molar-refractivity contribution in [3.05, 3.63) is 12.7 Å². The molecule has 0 spiro atoms. The highest BCUT2D eigenvalue weighted by Crippen LogP contribution is 2.15. The predicted molar refractivity (Wildman–Crippen MR) is 61.6 cm³/mol. The summed E-state index contributed by atoms with van der Waals surface area (Å²) in [6.45, 7) is 5.64. The summed E-state index contributed by atoms with van der Waals surface area (Å²) >= 11 is 0. The molecule has 0 saturated carbocycles. The van der Waals surface area contributed by atoms with Gasteiger partial charge in [-0.3, -0.25) is 9.59 Å². The first-order chi connectivity index (χ1) is 7.65. The Kier molecular flexibility index (Phi) is 4.98. The van der Waals surface area contributed by atoms with Crippen molar-refractivity contribution in [2.45, 2.75) is 12.8 Å². The lowest BCUT2D eigenvalue weighted by Gasteiger charge is -2.31. The second-order valence-corrected chi connectivity index (χ2v) is 4.00. The largest absolute Gasteiger partial charge is 0.369 e. The van der Waals surface area contributed by atoms with Crippen molar-refractivity contribution >= 4 is 11.8 Å².